The maximum absolute atomic E-state index is 13.2. The Morgan fingerprint density at radius 1 is 1.27 bits per heavy atom. The second kappa shape index (κ2) is 10.2. The molecule has 3 aromatic rings. The molecule has 1 aliphatic heterocycles. The normalized spacial score (nSPS) is 14.6. The minimum atomic E-state index is -0.289. The van der Waals surface area contributed by atoms with Crippen molar-refractivity contribution in [3.8, 4) is 17.3 Å². The van der Waals surface area contributed by atoms with Gasteiger partial charge in [-0.1, -0.05) is 20.3 Å². The first-order chi connectivity index (χ1) is 16.0. The van der Waals surface area contributed by atoms with Gasteiger partial charge in [-0.15, -0.1) is 5.10 Å². The number of fused-ring (bicyclic) bond motifs is 1. The highest BCUT2D eigenvalue weighted by atomic mass is 16.5. The van der Waals surface area contributed by atoms with Crippen LogP contribution in [0.5, 0.6) is 5.88 Å². The van der Waals surface area contributed by atoms with Gasteiger partial charge in [0, 0.05) is 37.8 Å². The number of ether oxygens (including phenoxy) is 2. The number of hydrogen-bond acceptors (Lipinski definition) is 8. The first kappa shape index (κ1) is 23.1. The van der Waals surface area contributed by atoms with Crippen molar-refractivity contribution in [2.45, 2.75) is 46.6 Å². The quantitative estimate of drug-likeness (QED) is 0.387. The smallest absolute Gasteiger partial charge is 0.277 e. The number of nitrogens with zero attached hydrogens (tertiary/aromatic N) is 5. The van der Waals surface area contributed by atoms with Crippen LogP contribution in [-0.2, 0) is 17.7 Å². The van der Waals surface area contributed by atoms with Crippen LogP contribution in [0, 0.1) is 0 Å². The van der Waals surface area contributed by atoms with Gasteiger partial charge in [0.1, 0.15) is 5.82 Å². The SMILES string of the molecule is CCCCOc1ncc(C(C)=O)cc1-c1nn2c(CC)nc(CN3CCOCC3)c2c(=O)[nH]1. The third-order valence-electron chi connectivity index (χ3n) is 5.68. The predicted octanol–water partition coefficient (Wildman–Crippen LogP) is 2.26. The summed E-state index contributed by atoms with van der Waals surface area (Å²) in [6.07, 6.45) is 3.94. The van der Waals surface area contributed by atoms with Crippen molar-refractivity contribution in [3.05, 3.63) is 39.7 Å². The van der Waals surface area contributed by atoms with Gasteiger partial charge in [-0.25, -0.2) is 14.5 Å². The number of unbranched alkanes of at least 4 members (excludes halogenated alkanes) is 1. The highest BCUT2D eigenvalue weighted by molar-refractivity contribution is 5.95. The number of H-pyrrole nitrogens is 1. The first-order valence-corrected chi connectivity index (χ1v) is 11.5. The number of pyridine rings is 1. The molecule has 1 N–H and O–H groups in total. The third kappa shape index (κ3) is 4.96. The Hall–Kier alpha value is -3.11. The van der Waals surface area contributed by atoms with Crippen molar-refractivity contribution in [3.63, 3.8) is 0 Å². The van der Waals surface area contributed by atoms with Crippen LogP contribution >= 0.6 is 0 Å². The Kier molecular flexibility index (Phi) is 7.14. The number of Topliss-reactive ketones (excluding diaryl/α,β-unsaturated/α-hetero) is 1. The summed E-state index contributed by atoms with van der Waals surface area (Å²) in [6.45, 7) is 9.51. The molecule has 0 aliphatic carbocycles. The van der Waals surface area contributed by atoms with Gasteiger partial charge in [0.2, 0.25) is 5.88 Å². The van der Waals surface area contributed by atoms with Crippen molar-refractivity contribution in [1.82, 2.24) is 29.5 Å². The molecule has 4 rings (SSSR count). The molecule has 176 valence electrons. The summed E-state index contributed by atoms with van der Waals surface area (Å²) in [5.74, 6) is 1.20. The van der Waals surface area contributed by atoms with Crippen molar-refractivity contribution >= 4 is 11.3 Å². The second-order valence-electron chi connectivity index (χ2n) is 8.11. The Morgan fingerprint density at radius 3 is 2.76 bits per heavy atom. The van der Waals surface area contributed by atoms with Gasteiger partial charge in [0.25, 0.3) is 5.56 Å². The molecule has 0 amide bonds. The van der Waals surface area contributed by atoms with E-state index in [2.05, 4.69) is 21.8 Å². The van der Waals surface area contributed by atoms with Gasteiger partial charge in [-0.3, -0.25) is 14.5 Å². The Balaban J connectivity index is 1.79. The molecular formula is C23H30N6O4. The van der Waals surface area contributed by atoms with E-state index in [1.165, 1.54) is 13.1 Å². The van der Waals surface area contributed by atoms with E-state index in [0.717, 1.165) is 25.9 Å². The van der Waals surface area contributed by atoms with E-state index < -0.39 is 0 Å². The number of aryl methyl sites for hydroxylation is 1. The molecule has 33 heavy (non-hydrogen) atoms. The van der Waals surface area contributed by atoms with Crippen LogP contribution in [0.4, 0.5) is 0 Å². The number of hydrogen-bond donors (Lipinski definition) is 1. The van der Waals surface area contributed by atoms with Crippen molar-refractivity contribution in [1.29, 1.82) is 0 Å². The van der Waals surface area contributed by atoms with Crippen LogP contribution in [-0.4, -0.2) is 68.2 Å². The fourth-order valence-corrected chi connectivity index (χ4v) is 3.81. The van der Waals surface area contributed by atoms with Crippen molar-refractivity contribution < 1.29 is 14.3 Å². The number of aromatic amines is 1. The number of carbonyl (C=O) groups is 1. The molecule has 0 unspecified atom stereocenters. The molecule has 3 aromatic heterocycles. The van der Waals surface area contributed by atoms with Crippen LogP contribution in [0.2, 0.25) is 0 Å². The third-order valence-corrected chi connectivity index (χ3v) is 5.68. The molecule has 1 saturated heterocycles. The van der Waals surface area contributed by atoms with Gasteiger partial charge in [-0.2, -0.15) is 0 Å². The summed E-state index contributed by atoms with van der Waals surface area (Å²) in [4.78, 5) is 39.4. The number of carbonyl (C=O) groups excluding carboxylic acids is 1. The predicted molar refractivity (Wildman–Crippen MR) is 123 cm³/mol. The van der Waals surface area contributed by atoms with E-state index in [0.29, 0.717) is 72.7 Å². The average Bonchev–Trinajstić information content (AvgIpc) is 3.17. The number of rotatable bonds is 9. The Bertz CT molecular complexity index is 1200. The van der Waals surface area contributed by atoms with Gasteiger partial charge in [0.15, 0.2) is 17.1 Å². The van der Waals surface area contributed by atoms with Crippen LogP contribution in [0.15, 0.2) is 17.1 Å². The summed E-state index contributed by atoms with van der Waals surface area (Å²) in [6, 6.07) is 1.66. The number of nitrogens with one attached hydrogen (secondary N) is 1. The van der Waals surface area contributed by atoms with E-state index in [1.807, 2.05) is 6.92 Å². The monoisotopic (exact) mass is 454 g/mol. The van der Waals surface area contributed by atoms with Crippen LogP contribution in [0.1, 0.15) is 55.5 Å². The van der Waals surface area contributed by atoms with Gasteiger partial charge in [-0.05, 0) is 19.4 Å². The zero-order valence-electron chi connectivity index (χ0n) is 19.4. The highest BCUT2D eigenvalue weighted by Crippen LogP contribution is 2.27. The number of morpholine rings is 1. The summed E-state index contributed by atoms with van der Waals surface area (Å²) in [7, 11) is 0. The topological polar surface area (TPSA) is 115 Å². The second-order valence-corrected chi connectivity index (χ2v) is 8.11. The number of imidazole rings is 1. The lowest BCUT2D eigenvalue weighted by molar-refractivity contribution is 0.0338. The molecule has 4 heterocycles. The summed E-state index contributed by atoms with van der Waals surface area (Å²) < 4.78 is 12.9. The summed E-state index contributed by atoms with van der Waals surface area (Å²) >= 11 is 0. The van der Waals surface area contributed by atoms with E-state index in [1.54, 1.807) is 10.6 Å². The molecule has 0 radical (unpaired) electrons. The lowest BCUT2D eigenvalue weighted by atomic mass is 10.1. The molecule has 0 spiro atoms. The number of ketones is 1. The van der Waals surface area contributed by atoms with Crippen LogP contribution in [0.25, 0.3) is 16.9 Å². The van der Waals surface area contributed by atoms with E-state index in [9.17, 15) is 9.59 Å². The Morgan fingerprint density at radius 2 is 2.06 bits per heavy atom. The molecule has 10 nitrogen and oxygen atoms in total. The molecule has 0 bridgehead atoms. The van der Waals surface area contributed by atoms with Crippen molar-refractivity contribution in [2.24, 2.45) is 0 Å². The fourth-order valence-electron chi connectivity index (χ4n) is 3.81. The molecule has 1 aliphatic rings. The van der Waals surface area contributed by atoms with E-state index in [4.69, 9.17) is 19.6 Å². The molecule has 10 heteroatoms. The minimum absolute atomic E-state index is 0.128. The van der Waals surface area contributed by atoms with E-state index >= 15 is 0 Å². The van der Waals surface area contributed by atoms with Gasteiger partial charge < -0.3 is 14.5 Å². The van der Waals surface area contributed by atoms with Gasteiger partial charge in [0.05, 0.1) is 31.1 Å². The molecule has 0 atom stereocenters. The highest BCUT2D eigenvalue weighted by Gasteiger charge is 2.22. The molecule has 0 saturated carbocycles. The first-order valence-electron chi connectivity index (χ1n) is 11.5. The minimum Gasteiger partial charge on any atom is -0.477 e. The fraction of sp³-hybridized carbons (Fsp3) is 0.522. The summed E-state index contributed by atoms with van der Waals surface area (Å²) in [5, 5.41) is 4.70. The van der Waals surface area contributed by atoms with Crippen LogP contribution in [0.3, 0.4) is 0 Å². The standard InChI is InChI=1S/C23H30N6O4/c1-4-6-9-33-23-17(12-16(13-24-23)15(3)30)21-26-22(31)20-18(14-28-7-10-32-11-8-28)25-19(5-2)29(20)27-21/h12-13H,4-11,14H2,1-3H3,(H,26,27,31). The van der Waals surface area contributed by atoms with E-state index in [-0.39, 0.29) is 11.3 Å². The lowest BCUT2D eigenvalue weighted by Gasteiger charge is -2.25. The van der Waals surface area contributed by atoms with Gasteiger partial charge >= 0.3 is 0 Å². The van der Waals surface area contributed by atoms with Crippen molar-refractivity contribution in [2.75, 3.05) is 32.9 Å². The Labute approximate surface area is 192 Å². The molecule has 0 aromatic carbocycles. The zero-order valence-corrected chi connectivity index (χ0v) is 19.4. The zero-order chi connectivity index (χ0) is 23.4. The lowest BCUT2D eigenvalue weighted by Crippen LogP contribution is -2.36. The average molecular weight is 455 g/mol. The maximum atomic E-state index is 13.2. The number of aromatic nitrogens is 5. The molecular weight excluding hydrogens is 424 g/mol. The maximum Gasteiger partial charge on any atom is 0.277 e. The molecule has 1 fully saturated rings. The summed E-state index contributed by atoms with van der Waals surface area (Å²) in [5.41, 5.74) is 1.74. The van der Waals surface area contributed by atoms with Crippen LogP contribution < -0.4 is 10.3 Å². The largest absolute Gasteiger partial charge is 0.477 e.